The maximum Gasteiger partial charge on any atom is 0.261 e. The van der Waals surface area contributed by atoms with Gasteiger partial charge in [0.15, 0.2) is 5.82 Å². The molecule has 0 saturated carbocycles. The smallest absolute Gasteiger partial charge is 0.261 e. The highest BCUT2D eigenvalue weighted by Crippen LogP contribution is 2.22. The van der Waals surface area contributed by atoms with E-state index >= 15 is 0 Å². The first kappa shape index (κ1) is 21.5. The predicted molar refractivity (Wildman–Crippen MR) is 121 cm³/mol. The molecule has 32 heavy (non-hydrogen) atoms. The summed E-state index contributed by atoms with van der Waals surface area (Å²) in [5.41, 5.74) is 3.30. The predicted octanol–water partition coefficient (Wildman–Crippen LogP) is 4.03. The normalized spacial score (nSPS) is 12.8. The number of anilines is 1. The second-order valence-electron chi connectivity index (χ2n) is 8.05. The van der Waals surface area contributed by atoms with Crippen LogP contribution in [-0.2, 0) is 11.3 Å². The molecule has 1 N–H and O–H groups in total. The van der Waals surface area contributed by atoms with Gasteiger partial charge in [-0.05, 0) is 37.5 Å². The van der Waals surface area contributed by atoms with Crippen molar-refractivity contribution in [2.75, 3.05) is 11.9 Å². The lowest BCUT2D eigenvalue weighted by Crippen LogP contribution is -2.30. The Labute approximate surface area is 187 Å². The average molecular weight is 431 g/mol. The molecule has 0 unspecified atom stereocenters. The topological polar surface area (TPSA) is 84.3 Å². The molecule has 0 fully saturated rings. The SMILES string of the molecule is Cc1ccc(Cn2ccc(NC(=O)CCCCCN3C(=O)c4ccccc4C3=O)n2)cc1. The van der Waals surface area contributed by atoms with Crippen LogP contribution in [0.25, 0.3) is 0 Å². The number of nitrogens with one attached hydrogen (secondary N) is 1. The molecule has 0 spiro atoms. The van der Waals surface area contributed by atoms with Crippen molar-refractivity contribution in [1.29, 1.82) is 0 Å². The molecule has 4 rings (SSSR count). The lowest BCUT2D eigenvalue weighted by molar-refractivity contribution is -0.116. The Morgan fingerprint density at radius 1 is 0.906 bits per heavy atom. The quantitative estimate of drug-likeness (QED) is 0.410. The molecule has 1 aromatic heterocycles. The number of aryl methyl sites for hydroxylation is 1. The summed E-state index contributed by atoms with van der Waals surface area (Å²) in [6, 6.07) is 16.9. The van der Waals surface area contributed by atoms with E-state index in [2.05, 4.69) is 41.6 Å². The second-order valence-corrected chi connectivity index (χ2v) is 8.05. The van der Waals surface area contributed by atoms with Crippen molar-refractivity contribution in [2.24, 2.45) is 0 Å². The number of rotatable bonds is 9. The van der Waals surface area contributed by atoms with Gasteiger partial charge >= 0.3 is 0 Å². The van der Waals surface area contributed by atoms with Crippen LogP contribution < -0.4 is 5.32 Å². The molecular formula is C25H26N4O3. The van der Waals surface area contributed by atoms with Crippen molar-refractivity contribution in [3.05, 3.63) is 83.0 Å². The van der Waals surface area contributed by atoms with Crippen LogP contribution in [0.1, 0.15) is 57.5 Å². The van der Waals surface area contributed by atoms with E-state index in [9.17, 15) is 14.4 Å². The van der Waals surface area contributed by atoms with Gasteiger partial charge in [-0.1, -0.05) is 48.4 Å². The van der Waals surface area contributed by atoms with Crippen LogP contribution in [-0.4, -0.2) is 38.9 Å². The maximum atomic E-state index is 12.3. The van der Waals surface area contributed by atoms with Crippen molar-refractivity contribution in [3.8, 4) is 0 Å². The summed E-state index contributed by atoms with van der Waals surface area (Å²) < 4.78 is 1.79. The van der Waals surface area contributed by atoms with Crippen LogP contribution in [0.3, 0.4) is 0 Å². The molecular weight excluding hydrogens is 404 g/mol. The number of fused-ring (bicyclic) bond motifs is 1. The minimum Gasteiger partial charge on any atom is -0.309 e. The molecule has 0 aliphatic carbocycles. The van der Waals surface area contributed by atoms with E-state index < -0.39 is 0 Å². The molecule has 0 saturated heterocycles. The van der Waals surface area contributed by atoms with Crippen molar-refractivity contribution >= 4 is 23.5 Å². The zero-order valence-corrected chi connectivity index (χ0v) is 18.1. The first-order chi connectivity index (χ1) is 15.5. The summed E-state index contributed by atoms with van der Waals surface area (Å²) in [6.07, 6.45) is 4.32. The number of imide groups is 1. The van der Waals surface area contributed by atoms with Gasteiger partial charge in [0.25, 0.3) is 11.8 Å². The molecule has 0 radical (unpaired) electrons. The fourth-order valence-electron chi connectivity index (χ4n) is 3.78. The molecule has 0 bridgehead atoms. The number of hydrogen-bond acceptors (Lipinski definition) is 4. The lowest BCUT2D eigenvalue weighted by atomic mass is 10.1. The number of nitrogens with zero attached hydrogens (tertiary/aromatic N) is 3. The number of hydrogen-bond donors (Lipinski definition) is 1. The summed E-state index contributed by atoms with van der Waals surface area (Å²) >= 11 is 0. The van der Waals surface area contributed by atoms with Crippen molar-refractivity contribution in [3.63, 3.8) is 0 Å². The number of unbranched alkanes of at least 4 members (excludes halogenated alkanes) is 2. The van der Waals surface area contributed by atoms with Crippen molar-refractivity contribution in [2.45, 2.75) is 39.2 Å². The van der Waals surface area contributed by atoms with E-state index in [0.717, 1.165) is 12.0 Å². The number of carbonyl (C=O) groups is 3. The monoisotopic (exact) mass is 430 g/mol. The summed E-state index contributed by atoms with van der Waals surface area (Å²) in [7, 11) is 0. The van der Waals surface area contributed by atoms with Crippen molar-refractivity contribution in [1.82, 2.24) is 14.7 Å². The minimum atomic E-state index is -0.232. The van der Waals surface area contributed by atoms with Gasteiger partial charge < -0.3 is 5.32 Å². The standard InChI is InChI=1S/C25H26N4O3/c1-18-10-12-19(13-11-18)17-28-16-14-22(27-28)26-23(30)9-3-2-6-15-29-24(31)20-7-4-5-8-21(20)25(29)32/h4-5,7-8,10-14,16H,2-3,6,9,15,17H2,1H3,(H,26,27,30). The van der Waals surface area contributed by atoms with E-state index in [-0.39, 0.29) is 17.7 Å². The fourth-order valence-corrected chi connectivity index (χ4v) is 3.78. The highest BCUT2D eigenvalue weighted by molar-refractivity contribution is 6.21. The largest absolute Gasteiger partial charge is 0.309 e. The Kier molecular flexibility index (Phi) is 6.44. The van der Waals surface area contributed by atoms with Gasteiger partial charge in [0, 0.05) is 25.2 Å². The fraction of sp³-hybridized carbons (Fsp3) is 0.280. The number of benzene rings is 2. The Bertz CT molecular complexity index is 1100. The Morgan fingerprint density at radius 2 is 1.59 bits per heavy atom. The Morgan fingerprint density at radius 3 is 2.28 bits per heavy atom. The van der Waals surface area contributed by atoms with E-state index in [1.165, 1.54) is 10.5 Å². The molecule has 3 aromatic rings. The van der Waals surface area contributed by atoms with Crippen LogP contribution >= 0.6 is 0 Å². The molecule has 1 aliphatic rings. The third-order valence-corrected chi connectivity index (χ3v) is 5.54. The number of carbonyl (C=O) groups excluding carboxylic acids is 3. The molecule has 7 nitrogen and oxygen atoms in total. The van der Waals surface area contributed by atoms with E-state index in [1.807, 2.05) is 6.20 Å². The minimum absolute atomic E-state index is 0.0914. The first-order valence-electron chi connectivity index (χ1n) is 10.9. The summed E-state index contributed by atoms with van der Waals surface area (Å²) in [5, 5.41) is 7.23. The van der Waals surface area contributed by atoms with Gasteiger partial charge in [0.1, 0.15) is 0 Å². The average Bonchev–Trinajstić information content (AvgIpc) is 3.32. The molecule has 2 aromatic carbocycles. The van der Waals surface area contributed by atoms with Gasteiger partial charge in [-0.2, -0.15) is 5.10 Å². The third kappa shape index (κ3) is 4.94. The van der Waals surface area contributed by atoms with Gasteiger partial charge in [0.05, 0.1) is 17.7 Å². The number of amides is 3. The van der Waals surface area contributed by atoms with Crippen LogP contribution in [0.4, 0.5) is 5.82 Å². The molecule has 164 valence electrons. The van der Waals surface area contributed by atoms with Crippen molar-refractivity contribution < 1.29 is 14.4 Å². The van der Waals surface area contributed by atoms with Gasteiger partial charge in [-0.3, -0.25) is 24.0 Å². The van der Waals surface area contributed by atoms with Crippen LogP contribution in [0.15, 0.2) is 60.8 Å². The highest BCUT2D eigenvalue weighted by atomic mass is 16.2. The summed E-state index contributed by atoms with van der Waals surface area (Å²) in [5.74, 6) is -0.0198. The van der Waals surface area contributed by atoms with Crippen LogP contribution in [0, 0.1) is 6.92 Å². The molecule has 1 aliphatic heterocycles. The summed E-state index contributed by atoms with van der Waals surface area (Å²) in [6.45, 7) is 3.07. The third-order valence-electron chi connectivity index (χ3n) is 5.54. The molecule has 0 atom stereocenters. The molecule has 3 amide bonds. The van der Waals surface area contributed by atoms with E-state index in [4.69, 9.17) is 0 Å². The first-order valence-corrected chi connectivity index (χ1v) is 10.9. The zero-order chi connectivity index (χ0) is 22.5. The van der Waals surface area contributed by atoms with Crippen LogP contribution in [0.2, 0.25) is 0 Å². The van der Waals surface area contributed by atoms with Gasteiger partial charge in [-0.25, -0.2) is 0 Å². The zero-order valence-electron chi connectivity index (χ0n) is 18.1. The Hall–Kier alpha value is -3.74. The van der Waals surface area contributed by atoms with Gasteiger partial charge in [-0.15, -0.1) is 0 Å². The van der Waals surface area contributed by atoms with Gasteiger partial charge in [0.2, 0.25) is 5.91 Å². The number of aromatic nitrogens is 2. The Balaban J connectivity index is 1.16. The second kappa shape index (κ2) is 9.60. The molecule has 2 heterocycles. The highest BCUT2D eigenvalue weighted by Gasteiger charge is 2.34. The maximum absolute atomic E-state index is 12.3. The van der Waals surface area contributed by atoms with E-state index in [1.54, 1.807) is 35.0 Å². The summed E-state index contributed by atoms with van der Waals surface area (Å²) in [4.78, 5) is 38.2. The van der Waals surface area contributed by atoms with Crippen LogP contribution in [0.5, 0.6) is 0 Å². The van der Waals surface area contributed by atoms with E-state index in [0.29, 0.717) is 49.3 Å². The molecule has 7 heteroatoms. The lowest BCUT2D eigenvalue weighted by Gasteiger charge is -2.13.